The van der Waals surface area contributed by atoms with Gasteiger partial charge in [-0.15, -0.1) is 11.3 Å². The first kappa shape index (κ1) is 15.6. The van der Waals surface area contributed by atoms with Crippen LogP contribution in [0, 0.1) is 0 Å². The number of hydrogen-bond acceptors (Lipinski definition) is 2. The van der Waals surface area contributed by atoms with Gasteiger partial charge in [-0.1, -0.05) is 54.9 Å². The Labute approximate surface area is 134 Å². The molecule has 0 fully saturated rings. The molecule has 1 unspecified atom stereocenters. The molecule has 20 heavy (non-hydrogen) atoms. The van der Waals surface area contributed by atoms with Gasteiger partial charge in [0.25, 0.3) is 0 Å². The number of thiophene rings is 1. The van der Waals surface area contributed by atoms with Crippen molar-refractivity contribution < 1.29 is 4.74 Å². The molecule has 108 valence electrons. The van der Waals surface area contributed by atoms with Gasteiger partial charge in [0.1, 0.15) is 5.75 Å². The molecular weight excluding hydrogens is 332 g/mol. The predicted molar refractivity (Wildman–Crippen MR) is 91.4 cm³/mol. The molecule has 1 atom stereocenters. The highest BCUT2D eigenvalue weighted by molar-refractivity contribution is 9.09. The maximum absolute atomic E-state index is 5.42. The predicted octanol–water partition coefficient (Wildman–Crippen LogP) is 5.73. The Morgan fingerprint density at radius 3 is 2.45 bits per heavy atom. The summed E-state index contributed by atoms with van der Waals surface area (Å²) in [6, 6.07) is 12.7. The Hall–Kier alpha value is -0.800. The average Bonchev–Trinajstić information content (AvgIpc) is 2.89. The lowest BCUT2D eigenvalue weighted by Gasteiger charge is -2.16. The van der Waals surface area contributed by atoms with Crippen molar-refractivity contribution in [3.8, 4) is 5.75 Å². The van der Waals surface area contributed by atoms with Crippen LogP contribution in [-0.4, -0.2) is 7.11 Å². The second-order valence-corrected chi connectivity index (χ2v) is 8.16. The number of alkyl halides is 1. The van der Waals surface area contributed by atoms with Crippen molar-refractivity contribution in [1.82, 2.24) is 0 Å². The van der Waals surface area contributed by atoms with Crippen LogP contribution in [0.2, 0.25) is 0 Å². The van der Waals surface area contributed by atoms with Crippen molar-refractivity contribution in [2.75, 3.05) is 7.11 Å². The Balaban J connectivity index is 2.16. The minimum atomic E-state index is 0.222. The summed E-state index contributed by atoms with van der Waals surface area (Å²) < 4.78 is 5.42. The van der Waals surface area contributed by atoms with Crippen LogP contribution in [0.15, 0.2) is 36.4 Å². The first-order chi connectivity index (χ1) is 9.41. The van der Waals surface area contributed by atoms with Gasteiger partial charge in [-0.3, -0.25) is 0 Å². The standard InChI is InChI=1S/C17H21BrOS/c1-17(2,3)16-10-9-15(20-16)13(18)11-12-7-5-6-8-14(12)19-4/h5-10,13H,11H2,1-4H3. The summed E-state index contributed by atoms with van der Waals surface area (Å²) in [4.78, 5) is 3.14. The largest absolute Gasteiger partial charge is 0.496 e. The zero-order valence-corrected chi connectivity index (χ0v) is 14.8. The van der Waals surface area contributed by atoms with E-state index in [0.29, 0.717) is 4.83 Å². The fourth-order valence-electron chi connectivity index (χ4n) is 2.09. The molecule has 2 rings (SSSR count). The number of hydrogen-bond donors (Lipinski definition) is 0. The minimum absolute atomic E-state index is 0.222. The lowest BCUT2D eigenvalue weighted by molar-refractivity contribution is 0.409. The van der Waals surface area contributed by atoms with E-state index in [0.717, 1.165) is 12.2 Å². The monoisotopic (exact) mass is 352 g/mol. The molecule has 0 N–H and O–H groups in total. The maximum atomic E-state index is 5.42. The third kappa shape index (κ3) is 3.64. The zero-order valence-electron chi connectivity index (χ0n) is 12.4. The summed E-state index contributed by atoms with van der Waals surface area (Å²) in [6.45, 7) is 6.77. The maximum Gasteiger partial charge on any atom is 0.122 e. The van der Waals surface area contributed by atoms with E-state index in [1.807, 2.05) is 23.5 Å². The van der Waals surface area contributed by atoms with Gasteiger partial charge in [-0.25, -0.2) is 0 Å². The number of rotatable bonds is 4. The van der Waals surface area contributed by atoms with Gasteiger partial charge in [-0.2, -0.15) is 0 Å². The molecule has 0 saturated heterocycles. The molecule has 0 aliphatic carbocycles. The van der Waals surface area contributed by atoms with Crippen LogP contribution >= 0.6 is 27.3 Å². The Morgan fingerprint density at radius 1 is 1.15 bits per heavy atom. The molecule has 1 nitrogen and oxygen atoms in total. The number of para-hydroxylation sites is 1. The van der Waals surface area contributed by atoms with E-state index in [2.05, 4.69) is 61.0 Å². The molecule has 1 aromatic carbocycles. The third-order valence-corrected chi connectivity index (χ3v) is 6.01. The van der Waals surface area contributed by atoms with Gasteiger partial charge in [0.2, 0.25) is 0 Å². The fourth-order valence-corrected chi connectivity index (χ4v) is 3.91. The zero-order chi connectivity index (χ0) is 14.8. The summed E-state index contributed by atoms with van der Waals surface area (Å²) in [5.74, 6) is 0.963. The highest BCUT2D eigenvalue weighted by atomic mass is 79.9. The van der Waals surface area contributed by atoms with Crippen LogP contribution < -0.4 is 4.74 Å². The molecule has 0 amide bonds. The van der Waals surface area contributed by atoms with Crippen molar-refractivity contribution >= 4 is 27.3 Å². The van der Waals surface area contributed by atoms with Crippen LogP contribution in [0.4, 0.5) is 0 Å². The van der Waals surface area contributed by atoms with Crippen molar-refractivity contribution in [3.05, 3.63) is 51.7 Å². The third-order valence-electron chi connectivity index (χ3n) is 3.27. The Morgan fingerprint density at radius 2 is 1.85 bits per heavy atom. The first-order valence-corrected chi connectivity index (χ1v) is 8.51. The number of benzene rings is 1. The van der Waals surface area contributed by atoms with E-state index >= 15 is 0 Å². The fraction of sp³-hybridized carbons (Fsp3) is 0.412. The lowest BCUT2D eigenvalue weighted by Crippen LogP contribution is -2.07. The van der Waals surface area contributed by atoms with Crippen molar-refractivity contribution in [3.63, 3.8) is 0 Å². The van der Waals surface area contributed by atoms with E-state index in [1.165, 1.54) is 15.3 Å². The molecule has 0 bridgehead atoms. The van der Waals surface area contributed by atoms with Crippen LogP contribution in [0.5, 0.6) is 5.75 Å². The second-order valence-electron chi connectivity index (χ2n) is 5.94. The number of halogens is 1. The molecule has 1 heterocycles. The lowest BCUT2D eigenvalue weighted by atomic mass is 9.95. The SMILES string of the molecule is COc1ccccc1CC(Br)c1ccc(C(C)(C)C)s1. The Bertz CT molecular complexity index is 568. The van der Waals surface area contributed by atoms with Gasteiger partial charge in [0.15, 0.2) is 0 Å². The van der Waals surface area contributed by atoms with Crippen molar-refractivity contribution in [2.45, 2.75) is 37.4 Å². The van der Waals surface area contributed by atoms with Gasteiger partial charge in [0.05, 0.1) is 11.9 Å². The van der Waals surface area contributed by atoms with E-state index in [9.17, 15) is 0 Å². The minimum Gasteiger partial charge on any atom is -0.496 e. The molecule has 3 heteroatoms. The van der Waals surface area contributed by atoms with Gasteiger partial charge < -0.3 is 4.74 Å². The molecular formula is C17H21BrOS. The molecule has 2 aromatic rings. The van der Waals surface area contributed by atoms with E-state index in [1.54, 1.807) is 7.11 Å². The van der Waals surface area contributed by atoms with E-state index < -0.39 is 0 Å². The summed E-state index contributed by atoms with van der Waals surface area (Å²) in [6.07, 6.45) is 0.939. The van der Waals surface area contributed by atoms with Gasteiger partial charge >= 0.3 is 0 Å². The average molecular weight is 353 g/mol. The molecule has 0 radical (unpaired) electrons. The van der Waals surface area contributed by atoms with Gasteiger partial charge in [0, 0.05) is 9.75 Å². The topological polar surface area (TPSA) is 9.23 Å². The summed E-state index contributed by atoms with van der Waals surface area (Å²) in [7, 11) is 1.73. The molecule has 0 saturated carbocycles. The number of ether oxygens (including phenoxy) is 1. The number of methoxy groups -OCH3 is 1. The molecule has 0 aliphatic heterocycles. The second kappa shape index (κ2) is 6.31. The molecule has 1 aromatic heterocycles. The Kier molecular flexibility index (Phi) is 4.92. The first-order valence-electron chi connectivity index (χ1n) is 6.78. The highest BCUT2D eigenvalue weighted by Crippen LogP contribution is 2.38. The van der Waals surface area contributed by atoms with Crippen LogP contribution in [0.25, 0.3) is 0 Å². The van der Waals surface area contributed by atoms with E-state index in [-0.39, 0.29) is 5.41 Å². The van der Waals surface area contributed by atoms with E-state index in [4.69, 9.17) is 4.74 Å². The summed E-state index contributed by atoms with van der Waals surface area (Å²) in [5, 5.41) is 0. The van der Waals surface area contributed by atoms with Crippen LogP contribution in [0.3, 0.4) is 0 Å². The summed E-state index contributed by atoms with van der Waals surface area (Å²) >= 11 is 5.71. The quantitative estimate of drug-likeness (QED) is 0.638. The van der Waals surface area contributed by atoms with Gasteiger partial charge in [-0.05, 0) is 35.6 Å². The normalized spacial score (nSPS) is 13.2. The van der Waals surface area contributed by atoms with Crippen molar-refractivity contribution in [1.29, 1.82) is 0 Å². The highest BCUT2D eigenvalue weighted by Gasteiger charge is 2.19. The van der Waals surface area contributed by atoms with Crippen LogP contribution in [-0.2, 0) is 11.8 Å². The van der Waals surface area contributed by atoms with Crippen molar-refractivity contribution in [2.24, 2.45) is 0 Å². The molecule has 0 spiro atoms. The smallest absolute Gasteiger partial charge is 0.122 e. The van der Waals surface area contributed by atoms with Crippen LogP contribution in [0.1, 0.15) is 40.9 Å². The summed E-state index contributed by atoms with van der Waals surface area (Å²) in [5.41, 5.74) is 1.46. The molecule has 0 aliphatic rings.